The van der Waals surface area contributed by atoms with Gasteiger partial charge in [-0.25, -0.2) is 0 Å². The largest absolute Gasteiger partial charge is 0.126 e. The Kier molecular flexibility index (Phi) is 5.15. The maximum atomic E-state index is 3.57. The first-order valence-electron chi connectivity index (χ1n) is 6.04. The van der Waals surface area contributed by atoms with Crippen molar-refractivity contribution in [2.45, 2.75) is 44.9 Å². The predicted octanol–water partition coefficient (Wildman–Crippen LogP) is 5.50. The monoisotopic (exact) mass is 314 g/mol. The maximum Gasteiger partial charge on any atom is 0.00906 e. The van der Waals surface area contributed by atoms with Gasteiger partial charge in [0, 0.05) is 16.0 Å². The average Bonchev–Trinajstić information content (AvgIpc) is 2.26. The quantitative estimate of drug-likeness (QED) is 0.522. The molecule has 0 N–H and O–H groups in total. The fourth-order valence-corrected chi connectivity index (χ4v) is 2.82. The summed E-state index contributed by atoms with van der Waals surface area (Å²) in [5.74, 6) is 1.15. The highest BCUT2D eigenvalue weighted by Crippen LogP contribution is 2.30. The van der Waals surface area contributed by atoms with E-state index in [1.165, 1.54) is 10.5 Å². The van der Waals surface area contributed by atoms with Gasteiger partial charge in [0.25, 0.3) is 0 Å². The number of alkyl halides is 1. The SMILES string of the molecule is CC(C)(CBr)CSc1ccc(C(C)(C)C)cc1. The highest BCUT2D eigenvalue weighted by molar-refractivity contribution is 9.09. The Morgan fingerprint density at radius 3 is 1.94 bits per heavy atom. The first kappa shape index (κ1) is 15.1. The number of thioether (sulfide) groups is 1. The molecule has 1 aromatic carbocycles. The van der Waals surface area contributed by atoms with Gasteiger partial charge in [0.15, 0.2) is 0 Å². The fourth-order valence-electron chi connectivity index (χ4n) is 1.37. The number of hydrogen-bond acceptors (Lipinski definition) is 1. The van der Waals surface area contributed by atoms with Crippen LogP contribution in [-0.4, -0.2) is 11.1 Å². The van der Waals surface area contributed by atoms with Crippen LogP contribution in [0.25, 0.3) is 0 Å². The third-order valence-corrected chi connectivity index (χ3v) is 5.76. The summed E-state index contributed by atoms with van der Waals surface area (Å²) in [4.78, 5) is 1.37. The van der Waals surface area contributed by atoms with Gasteiger partial charge in [-0.15, -0.1) is 11.8 Å². The number of halogens is 1. The highest BCUT2D eigenvalue weighted by Gasteiger charge is 2.17. The summed E-state index contributed by atoms with van der Waals surface area (Å²) in [5.41, 5.74) is 2.01. The van der Waals surface area contributed by atoms with E-state index in [1.807, 2.05) is 11.8 Å². The van der Waals surface area contributed by atoms with Crippen LogP contribution in [0.4, 0.5) is 0 Å². The molecule has 17 heavy (non-hydrogen) atoms. The van der Waals surface area contributed by atoms with Gasteiger partial charge in [-0.3, -0.25) is 0 Å². The summed E-state index contributed by atoms with van der Waals surface area (Å²) >= 11 is 5.51. The Balaban J connectivity index is 2.64. The number of rotatable bonds is 4. The van der Waals surface area contributed by atoms with Gasteiger partial charge in [0.2, 0.25) is 0 Å². The second-order valence-corrected chi connectivity index (χ2v) is 7.97. The molecule has 0 aliphatic rings. The van der Waals surface area contributed by atoms with E-state index >= 15 is 0 Å². The van der Waals surface area contributed by atoms with E-state index in [1.54, 1.807) is 0 Å². The van der Waals surface area contributed by atoms with Crippen molar-refractivity contribution in [3.05, 3.63) is 29.8 Å². The van der Waals surface area contributed by atoms with Crippen LogP contribution in [0, 0.1) is 5.41 Å². The number of benzene rings is 1. The van der Waals surface area contributed by atoms with Gasteiger partial charge < -0.3 is 0 Å². The summed E-state index contributed by atoms with van der Waals surface area (Å²) in [6, 6.07) is 9.00. The van der Waals surface area contributed by atoms with E-state index in [-0.39, 0.29) is 5.41 Å². The predicted molar refractivity (Wildman–Crippen MR) is 83.4 cm³/mol. The zero-order chi connectivity index (χ0) is 13.1. The lowest BCUT2D eigenvalue weighted by atomic mass is 9.87. The molecule has 0 saturated heterocycles. The molecule has 0 heterocycles. The number of hydrogen-bond donors (Lipinski definition) is 0. The Labute approximate surface area is 119 Å². The van der Waals surface area contributed by atoms with E-state index in [4.69, 9.17) is 0 Å². The minimum absolute atomic E-state index is 0.248. The van der Waals surface area contributed by atoms with Gasteiger partial charge in [0.05, 0.1) is 0 Å². The molecule has 0 aliphatic carbocycles. The molecule has 0 bridgehead atoms. The molecule has 0 aliphatic heterocycles. The van der Waals surface area contributed by atoms with Gasteiger partial charge in [-0.2, -0.15) is 0 Å². The zero-order valence-electron chi connectivity index (χ0n) is 11.5. The summed E-state index contributed by atoms with van der Waals surface area (Å²) in [6.07, 6.45) is 0. The van der Waals surface area contributed by atoms with Crippen LogP contribution in [0.5, 0.6) is 0 Å². The summed E-state index contributed by atoms with van der Waals surface area (Å²) in [5, 5.41) is 1.05. The molecule has 0 saturated carbocycles. The van der Waals surface area contributed by atoms with E-state index in [2.05, 4.69) is 74.8 Å². The molecule has 0 fully saturated rings. The molecule has 0 atom stereocenters. The van der Waals surface area contributed by atoms with Crippen LogP contribution in [0.3, 0.4) is 0 Å². The van der Waals surface area contributed by atoms with Crippen molar-refractivity contribution in [1.82, 2.24) is 0 Å². The van der Waals surface area contributed by atoms with Gasteiger partial charge in [-0.1, -0.05) is 62.7 Å². The van der Waals surface area contributed by atoms with Crippen molar-refractivity contribution in [2.75, 3.05) is 11.1 Å². The lowest BCUT2D eigenvalue weighted by Crippen LogP contribution is -2.16. The summed E-state index contributed by atoms with van der Waals surface area (Å²) in [7, 11) is 0. The lowest BCUT2D eigenvalue weighted by Gasteiger charge is -2.22. The molecule has 0 spiro atoms. The van der Waals surface area contributed by atoms with Crippen molar-refractivity contribution in [2.24, 2.45) is 5.41 Å². The van der Waals surface area contributed by atoms with Crippen LogP contribution in [0.1, 0.15) is 40.2 Å². The van der Waals surface area contributed by atoms with E-state index in [0.29, 0.717) is 5.41 Å². The Morgan fingerprint density at radius 2 is 1.53 bits per heavy atom. The smallest absolute Gasteiger partial charge is 0.00906 e. The molecule has 0 radical (unpaired) electrons. The molecule has 1 rings (SSSR count). The average molecular weight is 315 g/mol. The third-order valence-electron chi connectivity index (χ3n) is 2.71. The van der Waals surface area contributed by atoms with Crippen molar-refractivity contribution < 1.29 is 0 Å². The van der Waals surface area contributed by atoms with Crippen LogP contribution < -0.4 is 0 Å². The summed E-state index contributed by atoms with van der Waals surface area (Å²) < 4.78 is 0. The molecule has 2 heteroatoms. The Hall–Kier alpha value is 0.0500. The molecule has 0 amide bonds. The van der Waals surface area contributed by atoms with E-state index < -0.39 is 0 Å². The van der Waals surface area contributed by atoms with Gasteiger partial charge in [0.1, 0.15) is 0 Å². The molecule has 0 aromatic heterocycles. The first-order chi connectivity index (χ1) is 7.74. The Morgan fingerprint density at radius 1 is 1.00 bits per heavy atom. The summed E-state index contributed by atoms with van der Waals surface area (Å²) in [6.45, 7) is 11.3. The van der Waals surface area contributed by atoms with E-state index in [9.17, 15) is 0 Å². The third kappa shape index (κ3) is 5.05. The zero-order valence-corrected chi connectivity index (χ0v) is 13.9. The normalized spacial score (nSPS) is 12.8. The van der Waals surface area contributed by atoms with Gasteiger partial charge in [-0.05, 0) is 28.5 Å². The maximum absolute atomic E-state index is 3.57. The molecular formula is C15H23BrS. The Bertz CT molecular complexity index is 346. The second-order valence-electron chi connectivity index (χ2n) is 6.36. The highest BCUT2D eigenvalue weighted by atomic mass is 79.9. The minimum Gasteiger partial charge on any atom is -0.126 e. The van der Waals surface area contributed by atoms with Gasteiger partial charge >= 0.3 is 0 Å². The molecule has 96 valence electrons. The fraction of sp³-hybridized carbons (Fsp3) is 0.600. The molecular weight excluding hydrogens is 292 g/mol. The van der Waals surface area contributed by atoms with Crippen LogP contribution >= 0.6 is 27.7 Å². The molecule has 0 unspecified atom stereocenters. The molecule has 1 aromatic rings. The van der Waals surface area contributed by atoms with Crippen LogP contribution in [0.2, 0.25) is 0 Å². The van der Waals surface area contributed by atoms with Crippen LogP contribution in [0.15, 0.2) is 29.2 Å². The lowest BCUT2D eigenvalue weighted by molar-refractivity contribution is 0.496. The van der Waals surface area contributed by atoms with Crippen molar-refractivity contribution in [3.63, 3.8) is 0 Å². The molecule has 0 nitrogen and oxygen atoms in total. The van der Waals surface area contributed by atoms with Crippen LogP contribution in [-0.2, 0) is 5.41 Å². The van der Waals surface area contributed by atoms with Crippen molar-refractivity contribution in [1.29, 1.82) is 0 Å². The second kappa shape index (κ2) is 5.79. The van der Waals surface area contributed by atoms with E-state index in [0.717, 1.165) is 11.1 Å². The van der Waals surface area contributed by atoms with Crippen molar-refractivity contribution >= 4 is 27.7 Å². The minimum atomic E-state index is 0.248. The first-order valence-corrected chi connectivity index (χ1v) is 8.15. The standard InChI is InChI=1S/C15H23BrS/c1-14(2,3)12-6-8-13(9-7-12)17-11-15(4,5)10-16/h6-9H,10-11H2,1-5H3. The topological polar surface area (TPSA) is 0 Å². The van der Waals surface area contributed by atoms with Crippen molar-refractivity contribution in [3.8, 4) is 0 Å².